The summed E-state index contributed by atoms with van der Waals surface area (Å²) in [5.41, 5.74) is -0.0415. The van der Waals surface area contributed by atoms with E-state index in [1.807, 2.05) is 0 Å². The van der Waals surface area contributed by atoms with E-state index in [2.05, 4.69) is 10.6 Å². The molecule has 0 aliphatic heterocycles. The topological polar surface area (TPSA) is 233 Å². The van der Waals surface area contributed by atoms with Gasteiger partial charge in [-0.1, -0.05) is 18.2 Å². The van der Waals surface area contributed by atoms with Crippen molar-refractivity contribution in [2.75, 3.05) is 19.6 Å². The van der Waals surface area contributed by atoms with Crippen LogP contribution in [0.3, 0.4) is 0 Å². The second-order valence-corrected chi connectivity index (χ2v) is 14.3. The average molecular weight is 686 g/mol. The third-order valence-corrected chi connectivity index (χ3v) is 10.4. The van der Waals surface area contributed by atoms with Crippen LogP contribution in [0.5, 0.6) is 0 Å². The lowest BCUT2D eigenvalue weighted by Crippen LogP contribution is -2.46. The van der Waals surface area contributed by atoms with Gasteiger partial charge in [0.15, 0.2) is 0 Å². The summed E-state index contributed by atoms with van der Waals surface area (Å²) in [6.45, 7) is -0.793. The molecule has 0 aromatic heterocycles. The monoisotopic (exact) mass is 685 g/mol. The van der Waals surface area contributed by atoms with Gasteiger partial charge in [0.2, 0.25) is 11.8 Å². The Morgan fingerprint density at radius 1 is 0.867 bits per heavy atom. The molecule has 252 valence electrons. The molecular formula is C26H34F3N3O11S2. The van der Waals surface area contributed by atoms with Crippen molar-refractivity contribution in [3.05, 3.63) is 34.8 Å². The van der Waals surface area contributed by atoms with Gasteiger partial charge in [-0.15, -0.1) is 0 Å². The number of rotatable bonds is 11. The van der Waals surface area contributed by atoms with Gasteiger partial charge in [-0.2, -0.15) is 30.0 Å². The number of amides is 3. The molecule has 3 aliphatic carbocycles. The molecule has 14 nitrogen and oxygen atoms in total. The van der Waals surface area contributed by atoms with Crippen LogP contribution in [0, 0.1) is 29.6 Å². The predicted molar refractivity (Wildman–Crippen MR) is 150 cm³/mol. The van der Waals surface area contributed by atoms with Crippen LogP contribution in [-0.4, -0.2) is 85.8 Å². The van der Waals surface area contributed by atoms with Gasteiger partial charge < -0.3 is 21.1 Å². The molecule has 6 N–H and O–H groups in total. The SMILES string of the molecule is O=C(O)C1C=C(S(=O)(=O)O)C(CNC(=O)C2CCC(CNC(=O)C3C=CC(CNC(=O)C(F)(F)F)CC3)C(S(=O)(=O)O)C2)=CC1. The molecule has 6 atom stereocenters. The van der Waals surface area contributed by atoms with E-state index in [9.17, 15) is 58.3 Å². The minimum Gasteiger partial charge on any atom is -0.481 e. The lowest BCUT2D eigenvalue weighted by molar-refractivity contribution is -0.173. The molecule has 0 spiro atoms. The fourth-order valence-corrected chi connectivity index (χ4v) is 7.64. The number of carboxylic acids is 1. The van der Waals surface area contributed by atoms with Crippen molar-refractivity contribution in [3.8, 4) is 0 Å². The van der Waals surface area contributed by atoms with Crippen LogP contribution in [0.4, 0.5) is 13.2 Å². The molecule has 0 radical (unpaired) electrons. The number of carbonyl (C=O) groups is 4. The van der Waals surface area contributed by atoms with Crippen LogP contribution in [-0.2, 0) is 39.4 Å². The second kappa shape index (κ2) is 14.4. The molecule has 45 heavy (non-hydrogen) atoms. The summed E-state index contributed by atoms with van der Waals surface area (Å²) in [5.74, 6) is -8.40. The maximum absolute atomic E-state index is 12.9. The van der Waals surface area contributed by atoms with Crippen molar-refractivity contribution in [3.63, 3.8) is 0 Å². The Morgan fingerprint density at radius 3 is 2.11 bits per heavy atom. The van der Waals surface area contributed by atoms with Gasteiger partial charge >= 0.3 is 18.1 Å². The lowest BCUT2D eigenvalue weighted by atomic mass is 9.80. The Morgan fingerprint density at radius 2 is 1.56 bits per heavy atom. The van der Waals surface area contributed by atoms with E-state index in [1.54, 1.807) is 5.32 Å². The van der Waals surface area contributed by atoms with Crippen molar-refractivity contribution >= 4 is 43.9 Å². The Bertz CT molecular complexity index is 1490. The Hall–Kier alpha value is -3.29. The molecule has 1 saturated carbocycles. The highest BCUT2D eigenvalue weighted by Gasteiger charge is 2.41. The summed E-state index contributed by atoms with van der Waals surface area (Å²) in [6.07, 6.45) is 0.623. The van der Waals surface area contributed by atoms with Crippen LogP contribution >= 0.6 is 0 Å². The van der Waals surface area contributed by atoms with Gasteiger partial charge in [0.05, 0.1) is 22.0 Å². The Labute approximate surface area is 257 Å². The first kappa shape index (κ1) is 36.2. The highest BCUT2D eigenvalue weighted by atomic mass is 32.2. The number of hydrogen-bond acceptors (Lipinski definition) is 8. The third-order valence-electron chi connectivity index (χ3n) is 8.14. The molecule has 0 saturated heterocycles. The van der Waals surface area contributed by atoms with Crippen molar-refractivity contribution in [2.24, 2.45) is 29.6 Å². The van der Waals surface area contributed by atoms with Gasteiger partial charge in [0, 0.05) is 25.6 Å². The van der Waals surface area contributed by atoms with Crippen LogP contribution in [0.15, 0.2) is 34.8 Å². The molecule has 3 aliphatic rings. The van der Waals surface area contributed by atoms with Crippen molar-refractivity contribution in [2.45, 2.75) is 50.0 Å². The van der Waals surface area contributed by atoms with E-state index in [1.165, 1.54) is 18.2 Å². The van der Waals surface area contributed by atoms with E-state index in [0.29, 0.717) is 6.42 Å². The lowest BCUT2D eigenvalue weighted by Gasteiger charge is -2.34. The van der Waals surface area contributed by atoms with Gasteiger partial charge in [0.25, 0.3) is 20.2 Å². The zero-order valence-corrected chi connectivity index (χ0v) is 25.3. The number of allylic oxidation sites excluding steroid dienone is 1. The summed E-state index contributed by atoms with van der Waals surface area (Å²) in [6, 6.07) is 0. The van der Waals surface area contributed by atoms with Gasteiger partial charge in [-0.3, -0.25) is 28.3 Å². The summed E-state index contributed by atoms with van der Waals surface area (Å²) < 4.78 is 104. The fourth-order valence-electron chi connectivity index (χ4n) is 5.62. The molecule has 6 unspecified atom stereocenters. The number of carboxylic acid groups (broad SMARTS) is 1. The number of hydrogen-bond donors (Lipinski definition) is 6. The van der Waals surface area contributed by atoms with Crippen molar-refractivity contribution in [1.29, 1.82) is 0 Å². The Balaban J connectivity index is 1.54. The predicted octanol–water partition coefficient (Wildman–Crippen LogP) is 0.955. The molecule has 1 fully saturated rings. The third kappa shape index (κ3) is 10.1. The number of carbonyl (C=O) groups excluding carboxylic acids is 3. The van der Waals surface area contributed by atoms with E-state index < -0.39 is 96.4 Å². The van der Waals surface area contributed by atoms with E-state index >= 15 is 0 Å². The number of aliphatic carboxylic acids is 1. The fraction of sp³-hybridized carbons (Fsp3) is 0.615. The van der Waals surface area contributed by atoms with Crippen LogP contribution in [0.1, 0.15) is 38.5 Å². The van der Waals surface area contributed by atoms with Crippen molar-refractivity contribution in [1.82, 2.24) is 16.0 Å². The standard InChI is InChI=1S/C26H34F3N3O11S2/c27-26(28,29)25(37)32-11-14-1-3-15(4-2-14)22(33)30-12-18-7-5-16(9-20(18)44(38,39)40)23(34)31-13-19-8-6-17(24(35)36)10-21(19)45(41,42)43/h1,3,8,10,14-18,20H,2,4-7,9,11-13H2,(H,30,33)(H,31,34)(H,32,37)(H,35,36)(H,38,39,40)(H,41,42,43). The molecule has 0 aromatic carbocycles. The van der Waals surface area contributed by atoms with Gasteiger partial charge in [0.1, 0.15) is 0 Å². The van der Waals surface area contributed by atoms with Crippen LogP contribution < -0.4 is 16.0 Å². The number of halogens is 3. The summed E-state index contributed by atoms with van der Waals surface area (Å²) in [7, 11) is -9.48. The quantitative estimate of drug-likeness (QED) is 0.132. The summed E-state index contributed by atoms with van der Waals surface area (Å²) in [4.78, 5) is 47.1. The Kier molecular flexibility index (Phi) is 11.6. The maximum Gasteiger partial charge on any atom is 0.471 e. The largest absolute Gasteiger partial charge is 0.481 e. The first-order valence-corrected chi connectivity index (χ1v) is 16.9. The molecular weight excluding hydrogens is 651 g/mol. The highest BCUT2D eigenvalue weighted by molar-refractivity contribution is 7.90. The first-order valence-electron chi connectivity index (χ1n) is 13.9. The molecule has 0 bridgehead atoms. The zero-order chi connectivity index (χ0) is 33.7. The minimum atomic E-state index is -5.00. The normalized spacial score (nSPS) is 27.5. The number of nitrogens with one attached hydrogen (secondary N) is 3. The van der Waals surface area contributed by atoms with E-state index in [4.69, 9.17) is 5.11 Å². The highest BCUT2D eigenvalue weighted by Crippen LogP contribution is 2.34. The maximum atomic E-state index is 12.9. The molecule has 3 rings (SSSR count). The molecule has 0 aromatic rings. The van der Waals surface area contributed by atoms with Gasteiger partial charge in [-0.25, -0.2) is 0 Å². The summed E-state index contributed by atoms with van der Waals surface area (Å²) in [5, 5.41) is 14.6. The molecule has 3 amide bonds. The van der Waals surface area contributed by atoms with Crippen molar-refractivity contribution < 1.29 is 63.4 Å². The molecule has 19 heteroatoms. The van der Waals surface area contributed by atoms with Crippen LogP contribution in [0.2, 0.25) is 0 Å². The smallest absolute Gasteiger partial charge is 0.471 e. The van der Waals surface area contributed by atoms with Gasteiger partial charge in [-0.05, 0) is 62.0 Å². The summed E-state index contributed by atoms with van der Waals surface area (Å²) >= 11 is 0. The number of alkyl halides is 3. The van der Waals surface area contributed by atoms with E-state index in [0.717, 1.165) is 6.08 Å². The zero-order valence-electron chi connectivity index (χ0n) is 23.7. The second-order valence-electron chi connectivity index (χ2n) is 11.2. The average Bonchev–Trinajstić information content (AvgIpc) is 2.95. The first-order chi connectivity index (χ1) is 20.8. The minimum absolute atomic E-state index is 0.0415. The van der Waals surface area contributed by atoms with Crippen LogP contribution in [0.25, 0.3) is 0 Å². The molecule has 0 heterocycles. The van der Waals surface area contributed by atoms with E-state index in [-0.39, 0.29) is 50.8 Å².